The molecule has 2 aromatic rings. The van der Waals surface area contributed by atoms with E-state index in [1.165, 1.54) is 0 Å². The summed E-state index contributed by atoms with van der Waals surface area (Å²) in [6.45, 7) is 0.570. The highest BCUT2D eigenvalue weighted by Gasteiger charge is 2.10. The molecule has 1 heterocycles. The summed E-state index contributed by atoms with van der Waals surface area (Å²) in [6, 6.07) is 11.2. The van der Waals surface area contributed by atoms with Crippen LogP contribution >= 0.6 is 11.6 Å². The quantitative estimate of drug-likeness (QED) is 0.859. The molecule has 3 nitrogen and oxygen atoms in total. The molecular formula is C15H15ClN2O. The summed E-state index contributed by atoms with van der Waals surface area (Å²) in [7, 11) is 1.80. The molecule has 0 bridgehead atoms. The molecule has 19 heavy (non-hydrogen) atoms. The van der Waals surface area contributed by atoms with Crippen LogP contribution in [-0.4, -0.2) is 22.8 Å². The summed E-state index contributed by atoms with van der Waals surface area (Å²) in [5.41, 5.74) is 1.99. The molecule has 0 aliphatic rings. The maximum atomic E-state index is 12.1. The molecule has 0 N–H and O–H groups in total. The van der Waals surface area contributed by atoms with Gasteiger partial charge in [0, 0.05) is 31.0 Å². The van der Waals surface area contributed by atoms with E-state index >= 15 is 0 Å². The minimum absolute atomic E-state index is 0.0752. The molecule has 1 aromatic heterocycles. The third-order valence-corrected chi connectivity index (χ3v) is 3.09. The van der Waals surface area contributed by atoms with Crippen LogP contribution < -0.4 is 0 Å². The zero-order valence-electron chi connectivity index (χ0n) is 10.7. The largest absolute Gasteiger partial charge is 0.341 e. The van der Waals surface area contributed by atoms with E-state index in [-0.39, 0.29) is 5.91 Å². The summed E-state index contributed by atoms with van der Waals surface area (Å²) in [5, 5.41) is 0.680. The first-order chi connectivity index (χ1) is 9.15. The van der Waals surface area contributed by atoms with Crippen LogP contribution in [0.3, 0.4) is 0 Å². The van der Waals surface area contributed by atoms with Crippen LogP contribution in [0.2, 0.25) is 5.02 Å². The van der Waals surface area contributed by atoms with Gasteiger partial charge in [-0.3, -0.25) is 9.78 Å². The molecule has 0 atom stereocenters. The van der Waals surface area contributed by atoms with E-state index in [1.54, 1.807) is 36.5 Å². The Kier molecular flexibility index (Phi) is 4.53. The predicted octanol–water partition coefficient (Wildman–Crippen LogP) is 2.94. The molecule has 2 rings (SSSR count). The SMILES string of the molecule is CN(Cc1cccnc1)C(=O)Cc1ccc(Cl)cc1. The van der Waals surface area contributed by atoms with Crippen LogP contribution in [0.1, 0.15) is 11.1 Å². The predicted molar refractivity (Wildman–Crippen MR) is 75.9 cm³/mol. The van der Waals surface area contributed by atoms with Crippen molar-refractivity contribution in [1.29, 1.82) is 0 Å². The first-order valence-electron chi connectivity index (χ1n) is 6.02. The van der Waals surface area contributed by atoms with Crippen molar-refractivity contribution in [3.05, 3.63) is 64.9 Å². The van der Waals surface area contributed by atoms with Crippen LogP contribution in [0.5, 0.6) is 0 Å². The van der Waals surface area contributed by atoms with Gasteiger partial charge in [0.15, 0.2) is 0 Å². The number of benzene rings is 1. The van der Waals surface area contributed by atoms with Crippen molar-refractivity contribution < 1.29 is 4.79 Å². The van der Waals surface area contributed by atoms with E-state index in [9.17, 15) is 4.79 Å². The lowest BCUT2D eigenvalue weighted by Gasteiger charge is -2.17. The van der Waals surface area contributed by atoms with Crippen molar-refractivity contribution in [2.24, 2.45) is 0 Å². The van der Waals surface area contributed by atoms with Crippen LogP contribution in [0, 0.1) is 0 Å². The zero-order valence-corrected chi connectivity index (χ0v) is 11.5. The third kappa shape index (κ3) is 4.07. The van der Waals surface area contributed by atoms with Crippen molar-refractivity contribution in [3.63, 3.8) is 0 Å². The average Bonchev–Trinajstić information content (AvgIpc) is 2.42. The molecule has 0 unspecified atom stereocenters. The van der Waals surface area contributed by atoms with E-state index in [2.05, 4.69) is 4.98 Å². The molecule has 0 aliphatic carbocycles. The van der Waals surface area contributed by atoms with Crippen LogP contribution in [0.4, 0.5) is 0 Å². The van der Waals surface area contributed by atoms with Gasteiger partial charge in [-0.05, 0) is 29.3 Å². The molecule has 4 heteroatoms. The smallest absolute Gasteiger partial charge is 0.227 e. The number of carbonyl (C=O) groups is 1. The van der Waals surface area contributed by atoms with Crippen LogP contribution in [0.25, 0.3) is 0 Å². The fourth-order valence-corrected chi connectivity index (χ4v) is 1.89. The van der Waals surface area contributed by atoms with Gasteiger partial charge in [-0.25, -0.2) is 0 Å². The van der Waals surface area contributed by atoms with E-state index in [4.69, 9.17) is 11.6 Å². The van der Waals surface area contributed by atoms with E-state index in [0.29, 0.717) is 18.0 Å². The fourth-order valence-electron chi connectivity index (χ4n) is 1.77. The minimum atomic E-state index is 0.0752. The average molecular weight is 275 g/mol. The van der Waals surface area contributed by atoms with Crippen LogP contribution in [0.15, 0.2) is 48.8 Å². The molecule has 0 aliphatic heterocycles. The first kappa shape index (κ1) is 13.6. The Balaban J connectivity index is 1.94. The Morgan fingerprint density at radius 1 is 1.21 bits per heavy atom. The lowest BCUT2D eigenvalue weighted by atomic mass is 10.1. The first-order valence-corrected chi connectivity index (χ1v) is 6.40. The Morgan fingerprint density at radius 2 is 1.95 bits per heavy atom. The highest BCUT2D eigenvalue weighted by Crippen LogP contribution is 2.11. The number of halogens is 1. The Bertz CT molecular complexity index is 540. The highest BCUT2D eigenvalue weighted by atomic mass is 35.5. The zero-order chi connectivity index (χ0) is 13.7. The van der Waals surface area contributed by atoms with Gasteiger partial charge in [0.2, 0.25) is 5.91 Å². The van der Waals surface area contributed by atoms with E-state index in [0.717, 1.165) is 11.1 Å². The lowest BCUT2D eigenvalue weighted by molar-refractivity contribution is -0.129. The van der Waals surface area contributed by atoms with Crippen LogP contribution in [-0.2, 0) is 17.8 Å². The molecular weight excluding hydrogens is 260 g/mol. The number of hydrogen-bond acceptors (Lipinski definition) is 2. The number of rotatable bonds is 4. The Labute approximate surface area is 117 Å². The van der Waals surface area contributed by atoms with Crippen molar-refractivity contribution in [3.8, 4) is 0 Å². The topological polar surface area (TPSA) is 33.2 Å². The summed E-state index contributed by atoms with van der Waals surface area (Å²) >= 11 is 5.82. The maximum absolute atomic E-state index is 12.1. The summed E-state index contributed by atoms with van der Waals surface area (Å²) in [6.07, 6.45) is 3.87. The maximum Gasteiger partial charge on any atom is 0.227 e. The van der Waals surface area contributed by atoms with Crippen molar-refractivity contribution in [1.82, 2.24) is 9.88 Å². The molecule has 0 spiro atoms. The molecule has 0 saturated carbocycles. The van der Waals surface area contributed by atoms with Gasteiger partial charge < -0.3 is 4.90 Å². The summed E-state index contributed by atoms with van der Waals surface area (Å²) in [5.74, 6) is 0.0752. The van der Waals surface area contributed by atoms with Crippen molar-refractivity contribution in [2.45, 2.75) is 13.0 Å². The molecule has 0 radical (unpaired) electrons. The minimum Gasteiger partial charge on any atom is -0.341 e. The Morgan fingerprint density at radius 3 is 2.58 bits per heavy atom. The number of likely N-dealkylation sites (N-methyl/N-ethyl adjacent to an activating group) is 1. The molecule has 0 fully saturated rings. The van der Waals surface area contributed by atoms with Gasteiger partial charge >= 0.3 is 0 Å². The molecule has 98 valence electrons. The molecule has 0 saturated heterocycles. The lowest BCUT2D eigenvalue weighted by Crippen LogP contribution is -2.27. The van der Waals surface area contributed by atoms with Gasteiger partial charge in [0.1, 0.15) is 0 Å². The van der Waals surface area contributed by atoms with Crippen molar-refractivity contribution in [2.75, 3.05) is 7.05 Å². The van der Waals surface area contributed by atoms with Gasteiger partial charge in [0.05, 0.1) is 6.42 Å². The number of pyridine rings is 1. The second-order valence-electron chi connectivity index (χ2n) is 4.41. The number of carbonyl (C=O) groups excluding carboxylic acids is 1. The monoisotopic (exact) mass is 274 g/mol. The Hall–Kier alpha value is -1.87. The van der Waals surface area contributed by atoms with Gasteiger partial charge in [-0.15, -0.1) is 0 Å². The van der Waals surface area contributed by atoms with Gasteiger partial charge in [-0.1, -0.05) is 29.8 Å². The van der Waals surface area contributed by atoms with Gasteiger partial charge in [0.25, 0.3) is 0 Å². The number of aromatic nitrogens is 1. The molecule has 1 amide bonds. The number of amides is 1. The number of nitrogens with zero attached hydrogens (tertiary/aromatic N) is 2. The summed E-state index contributed by atoms with van der Waals surface area (Å²) < 4.78 is 0. The normalized spacial score (nSPS) is 10.2. The standard InChI is InChI=1S/C15H15ClN2O/c1-18(11-13-3-2-8-17-10-13)15(19)9-12-4-6-14(16)7-5-12/h2-8,10H,9,11H2,1H3. The third-order valence-electron chi connectivity index (χ3n) is 2.84. The van der Waals surface area contributed by atoms with E-state index < -0.39 is 0 Å². The fraction of sp³-hybridized carbons (Fsp3) is 0.200. The van der Waals surface area contributed by atoms with Gasteiger partial charge in [-0.2, -0.15) is 0 Å². The second kappa shape index (κ2) is 6.34. The number of hydrogen-bond donors (Lipinski definition) is 0. The highest BCUT2D eigenvalue weighted by molar-refractivity contribution is 6.30. The summed E-state index contributed by atoms with van der Waals surface area (Å²) in [4.78, 5) is 17.8. The van der Waals surface area contributed by atoms with Crippen molar-refractivity contribution >= 4 is 17.5 Å². The van der Waals surface area contributed by atoms with E-state index in [1.807, 2.05) is 24.3 Å². The second-order valence-corrected chi connectivity index (χ2v) is 4.85. The molecule has 1 aromatic carbocycles.